The summed E-state index contributed by atoms with van der Waals surface area (Å²) in [6.07, 6.45) is 0. The Labute approximate surface area is 147 Å². The quantitative estimate of drug-likeness (QED) is 0.572. The van der Waals surface area contributed by atoms with Gasteiger partial charge in [-0.2, -0.15) is 0 Å². The van der Waals surface area contributed by atoms with Crippen molar-refractivity contribution in [3.05, 3.63) is 39.9 Å². The summed E-state index contributed by atoms with van der Waals surface area (Å²) in [6.45, 7) is 7.43. The van der Waals surface area contributed by atoms with Crippen LogP contribution in [0.3, 0.4) is 0 Å². The van der Waals surface area contributed by atoms with Gasteiger partial charge in [-0.3, -0.25) is 24.7 Å². The molecule has 0 atom stereocenters. The summed E-state index contributed by atoms with van der Waals surface area (Å²) in [5, 5.41) is 10.7. The van der Waals surface area contributed by atoms with E-state index in [9.17, 15) is 14.9 Å². The standard InChI is InChI=1S/C17H24N4O4/c22-17(20-9-11-25-12-10-20)14-19-7-5-18(6-8-19)13-15-1-3-16(4-2-15)21(23)24/h1-4H,5-14H2. The molecule has 2 heterocycles. The Kier molecular flexibility index (Phi) is 5.95. The number of amides is 1. The molecule has 0 saturated carbocycles. The highest BCUT2D eigenvalue weighted by molar-refractivity contribution is 5.78. The van der Waals surface area contributed by atoms with E-state index < -0.39 is 0 Å². The molecule has 1 aromatic rings. The molecule has 2 aliphatic heterocycles. The maximum atomic E-state index is 12.3. The van der Waals surface area contributed by atoms with Crippen molar-refractivity contribution in [2.75, 3.05) is 59.0 Å². The van der Waals surface area contributed by atoms with Crippen LogP contribution in [0.15, 0.2) is 24.3 Å². The van der Waals surface area contributed by atoms with Crippen LogP contribution in [-0.4, -0.2) is 84.6 Å². The van der Waals surface area contributed by atoms with Crippen molar-refractivity contribution in [2.45, 2.75) is 6.54 Å². The number of rotatable bonds is 5. The van der Waals surface area contributed by atoms with E-state index in [0.717, 1.165) is 38.3 Å². The smallest absolute Gasteiger partial charge is 0.269 e. The molecule has 0 bridgehead atoms. The highest BCUT2D eigenvalue weighted by Crippen LogP contribution is 2.14. The molecule has 25 heavy (non-hydrogen) atoms. The summed E-state index contributed by atoms with van der Waals surface area (Å²) in [7, 11) is 0. The van der Waals surface area contributed by atoms with Crippen LogP contribution in [0.2, 0.25) is 0 Å². The van der Waals surface area contributed by atoms with Crippen LogP contribution in [0.4, 0.5) is 5.69 Å². The molecule has 0 N–H and O–H groups in total. The van der Waals surface area contributed by atoms with E-state index in [2.05, 4.69) is 9.80 Å². The van der Waals surface area contributed by atoms with Gasteiger partial charge in [0.1, 0.15) is 0 Å². The number of hydrogen-bond acceptors (Lipinski definition) is 6. The third-order valence-electron chi connectivity index (χ3n) is 4.74. The van der Waals surface area contributed by atoms with Gasteiger partial charge in [0.15, 0.2) is 0 Å². The molecular weight excluding hydrogens is 324 g/mol. The zero-order valence-corrected chi connectivity index (χ0v) is 14.3. The number of nitro groups is 1. The molecule has 2 saturated heterocycles. The van der Waals surface area contributed by atoms with Crippen molar-refractivity contribution in [1.29, 1.82) is 0 Å². The number of benzene rings is 1. The second kappa shape index (κ2) is 8.37. The van der Waals surface area contributed by atoms with Crippen molar-refractivity contribution in [3.63, 3.8) is 0 Å². The number of nitro benzene ring substituents is 1. The fraction of sp³-hybridized carbons (Fsp3) is 0.588. The Bertz CT molecular complexity index is 593. The topological polar surface area (TPSA) is 79.2 Å². The Morgan fingerprint density at radius 3 is 2.20 bits per heavy atom. The van der Waals surface area contributed by atoms with Gasteiger partial charge in [-0.15, -0.1) is 0 Å². The van der Waals surface area contributed by atoms with E-state index in [1.165, 1.54) is 0 Å². The molecule has 8 heteroatoms. The number of hydrogen-bond donors (Lipinski definition) is 0. The van der Waals surface area contributed by atoms with Crippen molar-refractivity contribution in [2.24, 2.45) is 0 Å². The fourth-order valence-electron chi connectivity index (χ4n) is 3.19. The second-order valence-corrected chi connectivity index (χ2v) is 6.47. The summed E-state index contributed by atoms with van der Waals surface area (Å²) >= 11 is 0. The van der Waals surface area contributed by atoms with Crippen LogP contribution in [0, 0.1) is 10.1 Å². The zero-order chi connectivity index (χ0) is 17.6. The molecule has 0 aliphatic carbocycles. The summed E-state index contributed by atoms with van der Waals surface area (Å²) in [5.41, 5.74) is 1.19. The fourth-order valence-corrected chi connectivity index (χ4v) is 3.19. The molecule has 0 spiro atoms. The maximum absolute atomic E-state index is 12.3. The largest absolute Gasteiger partial charge is 0.378 e. The number of carbonyl (C=O) groups excluding carboxylic acids is 1. The van der Waals surface area contributed by atoms with Crippen LogP contribution >= 0.6 is 0 Å². The SMILES string of the molecule is O=C(CN1CCN(Cc2ccc([N+](=O)[O-])cc2)CC1)N1CCOCC1. The van der Waals surface area contributed by atoms with E-state index >= 15 is 0 Å². The monoisotopic (exact) mass is 348 g/mol. The van der Waals surface area contributed by atoms with Gasteiger partial charge in [0.05, 0.1) is 24.7 Å². The Morgan fingerprint density at radius 2 is 1.60 bits per heavy atom. The van der Waals surface area contributed by atoms with Crippen LogP contribution in [-0.2, 0) is 16.1 Å². The van der Waals surface area contributed by atoms with E-state index in [1.54, 1.807) is 12.1 Å². The first-order valence-electron chi connectivity index (χ1n) is 8.65. The Hall–Kier alpha value is -2.03. The molecule has 136 valence electrons. The number of non-ortho nitro benzene ring substituents is 1. The molecule has 2 fully saturated rings. The van der Waals surface area contributed by atoms with E-state index in [-0.39, 0.29) is 16.5 Å². The molecule has 3 rings (SSSR count). The molecule has 1 aromatic carbocycles. The van der Waals surface area contributed by atoms with Crippen LogP contribution in [0.1, 0.15) is 5.56 Å². The molecule has 2 aliphatic rings. The Balaban J connectivity index is 1.42. The van der Waals surface area contributed by atoms with Crippen molar-refractivity contribution >= 4 is 11.6 Å². The van der Waals surface area contributed by atoms with E-state index in [1.807, 2.05) is 17.0 Å². The number of carbonyl (C=O) groups is 1. The first-order valence-corrected chi connectivity index (χ1v) is 8.65. The number of ether oxygens (including phenoxy) is 1. The minimum Gasteiger partial charge on any atom is -0.378 e. The first-order chi connectivity index (χ1) is 12.1. The maximum Gasteiger partial charge on any atom is 0.269 e. The Morgan fingerprint density at radius 1 is 1.00 bits per heavy atom. The first kappa shape index (κ1) is 17.8. The molecule has 1 amide bonds. The van der Waals surface area contributed by atoms with Gasteiger partial charge >= 0.3 is 0 Å². The highest BCUT2D eigenvalue weighted by Gasteiger charge is 2.23. The zero-order valence-electron chi connectivity index (χ0n) is 14.3. The van der Waals surface area contributed by atoms with E-state index in [4.69, 9.17) is 4.74 Å². The predicted molar refractivity (Wildman–Crippen MR) is 92.2 cm³/mol. The van der Waals surface area contributed by atoms with Crippen molar-refractivity contribution in [3.8, 4) is 0 Å². The van der Waals surface area contributed by atoms with Crippen LogP contribution in [0.5, 0.6) is 0 Å². The number of nitrogens with zero attached hydrogens (tertiary/aromatic N) is 4. The number of piperazine rings is 1. The third-order valence-corrected chi connectivity index (χ3v) is 4.74. The average Bonchev–Trinajstić information content (AvgIpc) is 2.64. The second-order valence-electron chi connectivity index (χ2n) is 6.47. The third kappa shape index (κ3) is 4.97. The molecule has 0 unspecified atom stereocenters. The molecular formula is C17H24N4O4. The van der Waals surface area contributed by atoms with E-state index in [0.29, 0.717) is 32.8 Å². The average molecular weight is 348 g/mol. The summed E-state index contributed by atoms with van der Waals surface area (Å²) in [5.74, 6) is 0.187. The van der Waals surface area contributed by atoms with Gasteiger partial charge < -0.3 is 9.64 Å². The van der Waals surface area contributed by atoms with Gasteiger partial charge in [0, 0.05) is 57.9 Å². The highest BCUT2D eigenvalue weighted by atomic mass is 16.6. The van der Waals surface area contributed by atoms with Gasteiger partial charge in [0.25, 0.3) is 5.69 Å². The number of morpholine rings is 1. The lowest BCUT2D eigenvalue weighted by Crippen LogP contribution is -2.51. The summed E-state index contributed by atoms with van der Waals surface area (Å²) < 4.78 is 5.28. The van der Waals surface area contributed by atoms with Crippen LogP contribution in [0.25, 0.3) is 0 Å². The molecule has 0 aromatic heterocycles. The van der Waals surface area contributed by atoms with Crippen LogP contribution < -0.4 is 0 Å². The van der Waals surface area contributed by atoms with Gasteiger partial charge in [-0.25, -0.2) is 0 Å². The molecule has 8 nitrogen and oxygen atoms in total. The normalized spacial score (nSPS) is 19.8. The van der Waals surface area contributed by atoms with Gasteiger partial charge in [-0.1, -0.05) is 12.1 Å². The lowest BCUT2D eigenvalue weighted by molar-refractivity contribution is -0.384. The summed E-state index contributed by atoms with van der Waals surface area (Å²) in [6, 6.07) is 6.72. The minimum atomic E-state index is -0.381. The van der Waals surface area contributed by atoms with Crippen molar-refractivity contribution in [1.82, 2.24) is 14.7 Å². The summed E-state index contributed by atoms with van der Waals surface area (Å²) in [4.78, 5) is 29.0. The molecule has 0 radical (unpaired) electrons. The lowest BCUT2D eigenvalue weighted by Gasteiger charge is -2.36. The van der Waals surface area contributed by atoms with Crippen molar-refractivity contribution < 1.29 is 14.5 Å². The lowest BCUT2D eigenvalue weighted by atomic mass is 10.2. The minimum absolute atomic E-state index is 0.121. The van der Waals surface area contributed by atoms with Gasteiger partial charge in [0.2, 0.25) is 5.91 Å². The van der Waals surface area contributed by atoms with Gasteiger partial charge in [-0.05, 0) is 5.56 Å². The predicted octanol–water partition coefficient (Wildman–Crippen LogP) is 0.571.